The van der Waals surface area contributed by atoms with Crippen LogP contribution in [-0.2, 0) is 21.3 Å². The molecular weight excluding hydrogens is 411 g/mol. The number of carbonyl (C=O) groups is 1. The molecule has 0 spiro atoms. The van der Waals surface area contributed by atoms with Crippen molar-refractivity contribution in [1.29, 1.82) is 0 Å². The van der Waals surface area contributed by atoms with Crippen LogP contribution in [0.5, 0.6) is 0 Å². The first kappa shape index (κ1) is 14.7. The van der Waals surface area contributed by atoms with E-state index < -0.39 is 12.4 Å². The average Bonchev–Trinajstić information content (AvgIpc) is 2.28. The van der Waals surface area contributed by atoms with E-state index >= 15 is 0 Å². The number of hydrogen-bond acceptors (Lipinski definition) is 3. The van der Waals surface area contributed by atoms with Crippen molar-refractivity contribution in [2.45, 2.75) is 18.2 Å². The molecule has 0 aromatic carbocycles. The van der Waals surface area contributed by atoms with Gasteiger partial charge in [0.05, 0.1) is 19.2 Å². The Morgan fingerprint density at radius 3 is 2.76 bits per heavy atom. The second kappa shape index (κ2) is 6.58. The number of hydrogen-bond donors (Lipinski definition) is 0. The van der Waals surface area contributed by atoms with Gasteiger partial charge in [0.2, 0.25) is 0 Å². The van der Waals surface area contributed by atoms with Crippen molar-refractivity contribution in [1.82, 2.24) is 4.98 Å². The van der Waals surface area contributed by atoms with E-state index in [4.69, 9.17) is 0 Å². The van der Waals surface area contributed by atoms with E-state index in [1.165, 1.54) is 13.2 Å². The molecule has 0 aliphatic rings. The molecule has 1 heterocycles. The molecule has 0 saturated carbocycles. The summed E-state index contributed by atoms with van der Waals surface area (Å²) in [6.07, 6.45) is -2.75. The summed E-state index contributed by atoms with van der Waals surface area (Å²) in [7, 11) is 1.25. The summed E-state index contributed by atoms with van der Waals surface area (Å²) in [5.74, 6) is -0.498. The molecule has 0 aliphatic heterocycles. The minimum absolute atomic E-state index is 0.103. The van der Waals surface area contributed by atoms with Crippen LogP contribution in [0.3, 0.4) is 0 Å². The molecule has 0 amide bonds. The van der Waals surface area contributed by atoms with Crippen molar-refractivity contribution < 1.29 is 18.3 Å². The van der Waals surface area contributed by atoms with Gasteiger partial charge in [-0.25, -0.2) is 8.78 Å². The van der Waals surface area contributed by atoms with Gasteiger partial charge in [0.1, 0.15) is 5.69 Å². The van der Waals surface area contributed by atoms with Crippen LogP contribution in [0.2, 0.25) is 0 Å². The Morgan fingerprint density at radius 2 is 2.29 bits per heavy atom. The topological polar surface area (TPSA) is 39.2 Å². The number of esters is 1. The summed E-state index contributed by atoms with van der Waals surface area (Å²) in [4.78, 5) is 15.0. The molecule has 0 radical (unpaired) electrons. The molecule has 0 fully saturated rings. The van der Waals surface area contributed by atoms with Crippen LogP contribution in [-0.4, -0.2) is 18.1 Å². The maximum atomic E-state index is 12.6. The van der Waals surface area contributed by atoms with E-state index in [9.17, 15) is 13.6 Å². The Balaban J connectivity index is 3.19. The molecule has 0 saturated heterocycles. The lowest BCUT2D eigenvalue weighted by Crippen LogP contribution is -2.11. The number of carbonyl (C=O) groups excluding carboxylic acids is 1. The van der Waals surface area contributed by atoms with Gasteiger partial charge in [-0.3, -0.25) is 9.78 Å². The number of nitrogens with zero attached hydrogens (tertiary/aromatic N) is 1. The molecule has 1 aromatic rings. The zero-order valence-electron chi connectivity index (χ0n) is 8.84. The van der Waals surface area contributed by atoms with Gasteiger partial charge in [-0.2, -0.15) is 0 Å². The number of halogens is 4. The molecule has 0 N–H and O–H groups in total. The van der Waals surface area contributed by atoms with Gasteiger partial charge in [0, 0.05) is 8.90 Å². The Morgan fingerprint density at radius 1 is 1.65 bits per heavy atom. The van der Waals surface area contributed by atoms with Crippen molar-refractivity contribution in [3.63, 3.8) is 0 Å². The van der Waals surface area contributed by atoms with Gasteiger partial charge < -0.3 is 4.74 Å². The highest BCUT2D eigenvalue weighted by Crippen LogP contribution is 2.25. The van der Waals surface area contributed by atoms with Crippen LogP contribution in [0.4, 0.5) is 8.78 Å². The quantitative estimate of drug-likeness (QED) is 0.427. The SMILES string of the molecule is COC(=O)Cc1nc(C(F)F)cc(I)c1CBr. The highest BCUT2D eigenvalue weighted by atomic mass is 127. The average molecular weight is 420 g/mol. The Kier molecular flexibility index (Phi) is 5.71. The van der Waals surface area contributed by atoms with Gasteiger partial charge in [0.15, 0.2) is 0 Å². The smallest absolute Gasteiger partial charge is 0.311 e. The molecule has 0 unspecified atom stereocenters. The number of alkyl halides is 3. The van der Waals surface area contributed by atoms with E-state index in [0.29, 0.717) is 14.6 Å². The third-order valence-corrected chi connectivity index (χ3v) is 3.60. The number of ether oxygens (including phenoxy) is 1. The second-order valence-electron chi connectivity index (χ2n) is 3.14. The van der Waals surface area contributed by atoms with Crippen molar-refractivity contribution in [3.8, 4) is 0 Å². The number of pyridine rings is 1. The predicted octanol–water partition coefficient (Wildman–Crippen LogP) is 3.23. The van der Waals surface area contributed by atoms with Gasteiger partial charge in [-0.15, -0.1) is 0 Å². The van der Waals surface area contributed by atoms with Crippen molar-refractivity contribution in [2.24, 2.45) is 0 Å². The highest BCUT2D eigenvalue weighted by molar-refractivity contribution is 14.1. The third kappa shape index (κ3) is 3.84. The summed E-state index contributed by atoms with van der Waals surface area (Å²) in [6, 6.07) is 1.32. The van der Waals surface area contributed by atoms with Gasteiger partial charge >= 0.3 is 5.97 Å². The van der Waals surface area contributed by atoms with Crippen molar-refractivity contribution in [3.05, 3.63) is 26.6 Å². The third-order valence-electron chi connectivity index (χ3n) is 2.07. The first-order chi connectivity index (χ1) is 7.99. The van der Waals surface area contributed by atoms with Crippen LogP contribution in [0.15, 0.2) is 6.07 Å². The fraction of sp³-hybridized carbons (Fsp3) is 0.400. The van der Waals surface area contributed by atoms with Crippen LogP contribution >= 0.6 is 38.5 Å². The molecule has 0 bridgehead atoms. The van der Waals surface area contributed by atoms with Crippen molar-refractivity contribution in [2.75, 3.05) is 7.11 Å². The first-order valence-electron chi connectivity index (χ1n) is 4.58. The zero-order valence-corrected chi connectivity index (χ0v) is 12.6. The largest absolute Gasteiger partial charge is 0.469 e. The fourth-order valence-corrected chi connectivity index (χ4v) is 3.19. The van der Waals surface area contributed by atoms with Crippen molar-refractivity contribution >= 4 is 44.5 Å². The minimum Gasteiger partial charge on any atom is -0.469 e. The highest BCUT2D eigenvalue weighted by Gasteiger charge is 2.17. The molecule has 0 aliphatic carbocycles. The zero-order chi connectivity index (χ0) is 13.0. The number of rotatable bonds is 4. The molecule has 0 atom stereocenters. The summed E-state index contributed by atoms with van der Waals surface area (Å²) in [5, 5.41) is 0.452. The van der Waals surface area contributed by atoms with E-state index in [1.54, 1.807) is 0 Å². The summed E-state index contributed by atoms with van der Waals surface area (Å²) in [6.45, 7) is 0. The predicted molar refractivity (Wildman–Crippen MR) is 70.3 cm³/mol. The lowest BCUT2D eigenvalue weighted by atomic mass is 10.1. The summed E-state index contributed by atoms with van der Waals surface area (Å²) >= 11 is 5.20. The Labute approximate surface area is 119 Å². The van der Waals surface area contributed by atoms with E-state index in [1.807, 2.05) is 22.6 Å². The fourth-order valence-electron chi connectivity index (χ4n) is 1.22. The van der Waals surface area contributed by atoms with E-state index in [0.717, 1.165) is 5.56 Å². The number of aromatic nitrogens is 1. The molecule has 7 heteroatoms. The first-order valence-corrected chi connectivity index (χ1v) is 6.78. The standard InChI is InChI=1S/C10H9BrF2INO2/c1-17-9(16)3-7-5(4-11)6(14)2-8(15-7)10(12)13/h2,10H,3-4H2,1H3. The maximum Gasteiger partial charge on any atom is 0.311 e. The lowest BCUT2D eigenvalue weighted by molar-refractivity contribution is -0.139. The van der Waals surface area contributed by atoms with E-state index in [2.05, 4.69) is 25.7 Å². The normalized spacial score (nSPS) is 10.7. The molecule has 17 heavy (non-hydrogen) atoms. The molecule has 1 rings (SSSR count). The molecule has 3 nitrogen and oxygen atoms in total. The monoisotopic (exact) mass is 419 g/mol. The van der Waals surface area contributed by atoms with Crippen LogP contribution in [0, 0.1) is 3.57 Å². The van der Waals surface area contributed by atoms with Crippen LogP contribution in [0.25, 0.3) is 0 Å². The van der Waals surface area contributed by atoms with Gasteiger partial charge in [-0.05, 0) is 34.2 Å². The van der Waals surface area contributed by atoms with E-state index in [-0.39, 0.29) is 12.1 Å². The van der Waals surface area contributed by atoms with Crippen LogP contribution < -0.4 is 0 Å². The maximum absolute atomic E-state index is 12.6. The molecular formula is C10H9BrF2INO2. The van der Waals surface area contributed by atoms with Crippen LogP contribution in [0.1, 0.15) is 23.4 Å². The minimum atomic E-state index is -2.65. The Hall–Kier alpha value is -0.310. The molecule has 94 valence electrons. The van der Waals surface area contributed by atoms with Gasteiger partial charge in [-0.1, -0.05) is 15.9 Å². The lowest BCUT2D eigenvalue weighted by Gasteiger charge is -2.10. The second-order valence-corrected chi connectivity index (χ2v) is 4.86. The van der Waals surface area contributed by atoms with Gasteiger partial charge in [0.25, 0.3) is 6.43 Å². The number of methoxy groups -OCH3 is 1. The Bertz CT molecular complexity index is 429. The summed E-state index contributed by atoms with van der Waals surface area (Å²) < 4.78 is 30.3. The molecule has 1 aromatic heterocycles. The summed E-state index contributed by atoms with van der Waals surface area (Å²) in [5.41, 5.74) is 0.745.